The molecule has 1 atom stereocenters. The summed E-state index contributed by atoms with van der Waals surface area (Å²) >= 11 is 5.90. The molecule has 8 heteroatoms. The lowest BCUT2D eigenvalue weighted by Gasteiger charge is -2.16. The van der Waals surface area contributed by atoms with E-state index in [2.05, 4.69) is 15.6 Å². The fourth-order valence-electron chi connectivity index (χ4n) is 3.18. The topological polar surface area (TPSA) is 85.2 Å². The standard InChI is InChI=1S/C22H25ClN4O3/c1-15(25-22(29)16-8-10-17(23)11-9-16)21-26-18-6-3-4-7-19(18)27(21)14-20(28)24-12-5-13-30-2/h3-4,6-11,15H,5,12-14H2,1-2H3,(H,24,28)(H,25,29). The Hall–Kier alpha value is -2.90. The van der Waals surface area contributed by atoms with E-state index in [1.165, 1.54) is 0 Å². The Balaban J connectivity index is 1.78. The molecular formula is C22H25ClN4O3. The number of methoxy groups -OCH3 is 1. The molecule has 0 spiro atoms. The highest BCUT2D eigenvalue weighted by Gasteiger charge is 2.20. The maximum absolute atomic E-state index is 12.6. The lowest BCUT2D eigenvalue weighted by Crippen LogP contribution is -2.32. The van der Waals surface area contributed by atoms with E-state index >= 15 is 0 Å². The minimum atomic E-state index is -0.401. The fourth-order valence-corrected chi connectivity index (χ4v) is 3.31. The Morgan fingerprint density at radius 3 is 2.63 bits per heavy atom. The van der Waals surface area contributed by atoms with E-state index in [0.29, 0.717) is 29.6 Å². The molecule has 0 aliphatic carbocycles. The number of nitrogens with zero attached hydrogens (tertiary/aromatic N) is 2. The smallest absolute Gasteiger partial charge is 0.251 e. The average molecular weight is 429 g/mol. The maximum atomic E-state index is 12.6. The first-order valence-electron chi connectivity index (χ1n) is 9.77. The van der Waals surface area contributed by atoms with Crippen molar-refractivity contribution in [2.75, 3.05) is 20.3 Å². The van der Waals surface area contributed by atoms with E-state index in [9.17, 15) is 9.59 Å². The normalized spacial score (nSPS) is 12.0. The molecule has 2 amide bonds. The summed E-state index contributed by atoms with van der Waals surface area (Å²) in [6, 6.07) is 13.9. The van der Waals surface area contributed by atoms with E-state index in [1.807, 2.05) is 35.8 Å². The Labute approximate surface area is 180 Å². The van der Waals surface area contributed by atoms with Crippen LogP contribution in [0.5, 0.6) is 0 Å². The minimum Gasteiger partial charge on any atom is -0.385 e. The number of carbonyl (C=O) groups is 2. The molecule has 1 heterocycles. The third-order valence-electron chi connectivity index (χ3n) is 4.67. The zero-order valence-electron chi connectivity index (χ0n) is 17.0. The molecule has 1 aromatic heterocycles. The van der Waals surface area contributed by atoms with Gasteiger partial charge >= 0.3 is 0 Å². The zero-order chi connectivity index (χ0) is 21.5. The Kier molecular flexibility index (Phi) is 7.43. The van der Waals surface area contributed by atoms with E-state index in [0.717, 1.165) is 17.5 Å². The van der Waals surface area contributed by atoms with Gasteiger partial charge in [0, 0.05) is 30.8 Å². The van der Waals surface area contributed by atoms with Crippen LogP contribution in [0, 0.1) is 0 Å². The second-order valence-electron chi connectivity index (χ2n) is 6.94. The first-order chi connectivity index (χ1) is 14.5. The van der Waals surface area contributed by atoms with Crippen LogP contribution in [0.4, 0.5) is 0 Å². The van der Waals surface area contributed by atoms with Crippen molar-refractivity contribution in [2.24, 2.45) is 0 Å². The van der Waals surface area contributed by atoms with Gasteiger partial charge in [0.15, 0.2) is 0 Å². The van der Waals surface area contributed by atoms with Crippen LogP contribution < -0.4 is 10.6 Å². The number of aromatic nitrogens is 2. The molecule has 30 heavy (non-hydrogen) atoms. The summed E-state index contributed by atoms with van der Waals surface area (Å²) in [5.74, 6) is 0.263. The van der Waals surface area contributed by atoms with Gasteiger partial charge in [-0.05, 0) is 49.7 Å². The van der Waals surface area contributed by atoms with Gasteiger partial charge in [0.2, 0.25) is 5.91 Å². The summed E-state index contributed by atoms with van der Waals surface area (Å²) in [5.41, 5.74) is 2.12. The number of ether oxygens (including phenoxy) is 1. The van der Waals surface area contributed by atoms with Crippen molar-refractivity contribution in [2.45, 2.75) is 25.9 Å². The molecule has 0 bridgehead atoms. The van der Waals surface area contributed by atoms with Crippen LogP contribution in [0.2, 0.25) is 5.02 Å². The predicted molar refractivity (Wildman–Crippen MR) is 117 cm³/mol. The van der Waals surface area contributed by atoms with Crippen LogP contribution in [0.15, 0.2) is 48.5 Å². The molecule has 0 aliphatic heterocycles. The van der Waals surface area contributed by atoms with Crippen molar-refractivity contribution in [1.29, 1.82) is 0 Å². The molecule has 0 fully saturated rings. The molecule has 1 unspecified atom stereocenters. The summed E-state index contributed by atoms with van der Waals surface area (Å²) in [4.78, 5) is 29.7. The van der Waals surface area contributed by atoms with Crippen molar-refractivity contribution >= 4 is 34.4 Å². The van der Waals surface area contributed by atoms with Crippen LogP contribution in [0.25, 0.3) is 11.0 Å². The lowest BCUT2D eigenvalue weighted by atomic mass is 10.2. The van der Waals surface area contributed by atoms with Crippen molar-refractivity contribution in [3.63, 3.8) is 0 Å². The van der Waals surface area contributed by atoms with Gasteiger partial charge < -0.3 is 19.9 Å². The number of halogens is 1. The number of benzene rings is 2. The van der Waals surface area contributed by atoms with Gasteiger partial charge in [0.05, 0.1) is 17.1 Å². The number of rotatable bonds is 9. The summed E-state index contributed by atoms with van der Waals surface area (Å²) in [5, 5.41) is 6.41. The molecule has 7 nitrogen and oxygen atoms in total. The lowest BCUT2D eigenvalue weighted by molar-refractivity contribution is -0.121. The number of nitrogens with one attached hydrogen (secondary N) is 2. The molecular weight excluding hydrogens is 404 g/mol. The van der Waals surface area contributed by atoms with Crippen LogP contribution >= 0.6 is 11.6 Å². The summed E-state index contributed by atoms with van der Waals surface area (Å²) in [6.07, 6.45) is 0.743. The average Bonchev–Trinajstić information content (AvgIpc) is 3.10. The number of amides is 2. The van der Waals surface area contributed by atoms with Crippen molar-refractivity contribution in [3.05, 3.63) is 64.9 Å². The van der Waals surface area contributed by atoms with E-state index in [1.54, 1.807) is 31.4 Å². The number of carbonyl (C=O) groups excluding carboxylic acids is 2. The van der Waals surface area contributed by atoms with E-state index in [4.69, 9.17) is 16.3 Å². The number of hydrogen-bond acceptors (Lipinski definition) is 4. The van der Waals surface area contributed by atoms with Gasteiger partial charge in [-0.3, -0.25) is 9.59 Å². The molecule has 3 aromatic rings. The molecule has 2 aromatic carbocycles. The van der Waals surface area contributed by atoms with Gasteiger partial charge in [0.1, 0.15) is 12.4 Å². The highest BCUT2D eigenvalue weighted by molar-refractivity contribution is 6.30. The van der Waals surface area contributed by atoms with Gasteiger partial charge in [-0.25, -0.2) is 4.98 Å². The first kappa shape index (κ1) is 21.8. The van der Waals surface area contributed by atoms with Gasteiger partial charge in [-0.2, -0.15) is 0 Å². The number of imidazole rings is 1. The van der Waals surface area contributed by atoms with Crippen molar-refractivity contribution in [3.8, 4) is 0 Å². The Morgan fingerprint density at radius 1 is 1.17 bits per heavy atom. The Bertz CT molecular complexity index is 1020. The summed E-state index contributed by atoms with van der Waals surface area (Å²) in [6.45, 7) is 3.09. The molecule has 2 N–H and O–H groups in total. The van der Waals surface area contributed by atoms with Crippen molar-refractivity contribution in [1.82, 2.24) is 20.2 Å². The van der Waals surface area contributed by atoms with Crippen LogP contribution in [0.1, 0.15) is 35.6 Å². The van der Waals surface area contributed by atoms with Gasteiger partial charge in [-0.1, -0.05) is 23.7 Å². The first-order valence-corrected chi connectivity index (χ1v) is 10.1. The van der Waals surface area contributed by atoms with E-state index < -0.39 is 6.04 Å². The van der Waals surface area contributed by atoms with E-state index in [-0.39, 0.29) is 18.4 Å². The summed E-state index contributed by atoms with van der Waals surface area (Å²) < 4.78 is 6.84. The largest absolute Gasteiger partial charge is 0.385 e. The molecule has 0 saturated carbocycles. The minimum absolute atomic E-state index is 0.115. The van der Waals surface area contributed by atoms with Gasteiger partial charge in [-0.15, -0.1) is 0 Å². The number of para-hydroxylation sites is 2. The van der Waals surface area contributed by atoms with Crippen LogP contribution in [-0.4, -0.2) is 41.6 Å². The SMILES string of the molecule is COCCCNC(=O)Cn1c(C(C)NC(=O)c2ccc(Cl)cc2)nc2ccccc21. The molecule has 0 aliphatic rings. The maximum Gasteiger partial charge on any atom is 0.251 e. The molecule has 158 valence electrons. The second-order valence-corrected chi connectivity index (χ2v) is 7.38. The third-order valence-corrected chi connectivity index (χ3v) is 4.93. The second kappa shape index (κ2) is 10.2. The zero-order valence-corrected chi connectivity index (χ0v) is 17.8. The number of fused-ring (bicyclic) bond motifs is 1. The monoisotopic (exact) mass is 428 g/mol. The van der Waals surface area contributed by atoms with Crippen LogP contribution in [0.3, 0.4) is 0 Å². The molecule has 0 radical (unpaired) electrons. The third kappa shape index (κ3) is 5.37. The predicted octanol–water partition coefficient (Wildman–Crippen LogP) is 3.33. The highest BCUT2D eigenvalue weighted by Crippen LogP contribution is 2.21. The molecule has 3 rings (SSSR count). The van der Waals surface area contributed by atoms with Crippen LogP contribution in [-0.2, 0) is 16.1 Å². The Morgan fingerprint density at radius 2 is 1.90 bits per heavy atom. The van der Waals surface area contributed by atoms with Gasteiger partial charge in [0.25, 0.3) is 5.91 Å². The fraction of sp³-hybridized carbons (Fsp3) is 0.318. The highest BCUT2D eigenvalue weighted by atomic mass is 35.5. The quantitative estimate of drug-likeness (QED) is 0.512. The summed E-state index contributed by atoms with van der Waals surface area (Å²) in [7, 11) is 1.63. The van der Waals surface area contributed by atoms with Crippen molar-refractivity contribution < 1.29 is 14.3 Å². The molecule has 0 saturated heterocycles. The number of hydrogen-bond donors (Lipinski definition) is 2.